The number of hydrogen-bond donors (Lipinski definition) is 2. The van der Waals surface area contributed by atoms with E-state index in [-0.39, 0.29) is 13.1 Å². The number of nitrogens with one attached hydrogen (secondary N) is 2. The van der Waals surface area contributed by atoms with Gasteiger partial charge in [0.25, 0.3) is 0 Å². The first-order valence-corrected chi connectivity index (χ1v) is 7.40. The maximum Gasteiger partial charge on any atom is 0.309 e. The van der Waals surface area contributed by atoms with Gasteiger partial charge in [0.2, 0.25) is 0 Å². The minimum absolute atomic E-state index is 0.219. The molecule has 23 heavy (non-hydrogen) atoms. The monoisotopic (exact) mass is 332 g/mol. The second kappa shape index (κ2) is 8.19. The zero-order valence-corrected chi connectivity index (χ0v) is 13.4. The van der Waals surface area contributed by atoms with Crippen LogP contribution in [0.25, 0.3) is 0 Å². The van der Waals surface area contributed by atoms with Gasteiger partial charge in [-0.2, -0.15) is 0 Å². The number of para-hydroxylation sites is 1. The molecule has 2 N–H and O–H groups in total. The minimum atomic E-state index is -0.690. The predicted octanol–water partition coefficient (Wildman–Crippen LogP) is 2.28. The van der Waals surface area contributed by atoms with Crippen LogP contribution in [-0.2, 0) is 22.7 Å². The molecule has 0 aromatic heterocycles. The second-order valence-corrected chi connectivity index (χ2v) is 5.24. The van der Waals surface area contributed by atoms with Crippen molar-refractivity contribution in [2.45, 2.75) is 13.1 Å². The topological polar surface area (TPSA) is 67.4 Å². The average Bonchev–Trinajstić information content (AvgIpc) is 2.59. The predicted molar refractivity (Wildman–Crippen MR) is 88.1 cm³/mol. The van der Waals surface area contributed by atoms with Crippen LogP contribution >= 0.6 is 11.6 Å². The number of carbonyl (C=O) groups excluding carboxylic acids is 2. The van der Waals surface area contributed by atoms with Crippen molar-refractivity contribution < 1.29 is 14.3 Å². The van der Waals surface area contributed by atoms with Crippen LogP contribution in [0.1, 0.15) is 11.1 Å². The van der Waals surface area contributed by atoms with Crippen molar-refractivity contribution in [1.82, 2.24) is 10.6 Å². The number of amides is 2. The van der Waals surface area contributed by atoms with Crippen LogP contribution in [0.2, 0.25) is 5.02 Å². The highest BCUT2D eigenvalue weighted by atomic mass is 35.5. The molecule has 0 fully saturated rings. The molecule has 5 nitrogen and oxygen atoms in total. The van der Waals surface area contributed by atoms with Gasteiger partial charge in [0.05, 0.1) is 7.11 Å². The van der Waals surface area contributed by atoms with Gasteiger partial charge in [-0.15, -0.1) is 0 Å². The number of methoxy groups -OCH3 is 1. The third-order valence-corrected chi connectivity index (χ3v) is 3.46. The Bertz CT molecular complexity index is 686. The van der Waals surface area contributed by atoms with Crippen LogP contribution in [0, 0.1) is 0 Å². The molecule has 0 atom stereocenters. The highest BCUT2D eigenvalue weighted by Crippen LogP contribution is 2.16. The third-order valence-electron chi connectivity index (χ3n) is 3.20. The van der Waals surface area contributed by atoms with Crippen molar-refractivity contribution in [2.24, 2.45) is 0 Å². The highest BCUT2D eigenvalue weighted by molar-refractivity contribution is 6.35. The maximum absolute atomic E-state index is 11.8. The smallest absolute Gasteiger partial charge is 0.309 e. The molecule has 0 bridgehead atoms. The number of benzene rings is 2. The van der Waals surface area contributed by atoms with Crippen LogP contribution in [-0.4, -0.2) is 18.9 Å². The normalized spacial score (nSPS) is 10.0. The number of halogens is 1. The summed E-state index contributed by atoms with van der Waals surface area (Å²) in [6.07, 6.45) is 0. The first-order valence-electron chi connectivity index (χ1n) is 7.02. The van der Waals surface area contributed by atoms with Crippen molar-refractivity contribution >= 4 is 23.4 Å². The molecule has 2 amide bonds. The molecule has 0 heterocycles. The second-order valence-electron chi connectivity index (χ2n) is 4.80. The molecule has 0 saturated heterocycles. The Morgan fingerprint density at radius 3 is 2.22 bits per heavy atom. The Balaban J connectivity index is 1.83. The van der Waals surface area contributed by atoms with Crippen molar-refractivity contribution in [3.05, 3.63) is 64.7 Å². The fourth-order valence-corrected chi connectivity index (χ4v) is 2.10. The van der Waals surface area contributed by atoms with Crippen molar-refractivity contribution in [3.63, 3.8) is 0 Å². The largest absolute Gasteiger partial charge is 0.496 e. The summed E-state index contributed by atoms with van der Waals surface area (Å²) in [5.41, 5.74) is 1.66. The zero-order valence-electron chi connectivity index (χ0n) is 12.6. The number of carbonyl (C=O) groups is 2. The molecular formula is C17H17ClN2O3. The summed E-state index contributed by atoms with van der Waals surface area (Å²) in [7, 11) is 1.56. The first kappa shape index (κ1) is 16.8. The molecule has 2 aromatic rings. The SMILES string of the molecule is COc1ccccc1CNC(=O)C(=O)NCc1ccc(Cl)cc1. The Hall–Kier alpha value is -2.53. The van der Waals surface area contributed by atoms with Gasteiger partial charge < -0.3 is 15.4 Å². The van der Waals surface area contributed by atoms with E-state index in [1.54, 1.807) is 37.4 Å². The number of rotatable bonds is 5. The van der Waals surface area contributed by atoms with Gasteiger partial charge in [0.1, 0.15) is 5.75 Å². The third kappa shape index (κ3) is 5.00. The van der Waals surface area contributed by atoms with E-state index >= 15 is 0 Å². The van der Waals surface area contributed by atoms with Crippen LogP contribution in [0.5, 0.6) is 5.75 Å². The van der Waals surface area contributed by atoms with E-state index in [0.29, 0.717) is 10.8 Å². The molecule has 6 heteroatoms. The van der Waals surface area contributed by atoms with E-state index in [4.69, 9.17) is 16.3 Å². The molecule has 120 valence electrons. The summed E-state index contributed by atoms with van der Waals surface area (Å²) < 4.78 is 5.19. The summed E-state index contributed by atoms with van der Waals surface area (Å²) in [5.74, 6) is -0.714. The quantitative estimate of drug-likeness (QED) is 0.825. The molecule has 0 radical (unpaired) electrons. The van der Waals surface area contributed by atoms with Crippen molar-refractivity contribution in [3.8, 4) is 5.75 Å². The van der Waals surface area contributed by atoms with E-state index < -0.39 is 11.8 Å². The van der Waals surface area contributed by atoms with E-state index in [0.717, 1.165) is 11.1 Å². The lowest BCUT2D eigenvalue weighted by Crippen LogP contribution is -2.39. The summed E-state index contributed by atoms with van der Waals surface area (Å²) in [4.78, 5) is 23.6. The molecule has 0 unspecified atom stereocenters. The van der Waals surface area contributed by atoms with Crippen molar-refractivity contribution in [2.75, 3.05) is 7.11 Å². The van der Waals surface area contributed by atoms with Gasteiger partial charge in [-0.3, -0.25) is 9.59 Å². The first-order chi connectivity index (χ1) is 11.1. The van der Waals surface area contributed by atoms with E-state index in [9.17, 15) is 9.59 Å². The van der Waals surface area contributed by atoms with Gasteiger partial charge in [-0.25, -0.2) is 0 Å². The molecule has 0 aliphatic carbocycles. The fourth-order valence-electron chi connectivity index (χ4n) is 1.97. The van der Waals surface area contributed by atoms with Gasteiger partial charge in [0.15, 0.2) is 0 Å². The van der Waals surface area contributed by atoms with Gasteiger partial charge in [0, 0.05) is 23.7 Å². The van der Waals surface area contributed by atoms with Crippen LogP contribution < -0.4 is 15.4 Å². The average molecular weight is 333 g/mol. The Morgan fingerprint density at radius 1 is 0.957 bits per heavy atom. The van der Waals surface area contributed by atoms with Crippen LogP contribution in [0.15, 0.2) is 48.5 Å². The summed E-state index contributed by atoms with van der Waals surface area (Å²) in [6, 6.07) is 14.3. The van der Waals surface area contributed by atoms with E-state index in [2.05, 4.69) is 10.6 Å². The van der Waals surface area contributed by atoms with Gasteiger partial charge in [-0.1, -0.05) is 41.9 Å². The minimum Gasteiger partial charge on any atom is -0.496 e. The highest BCUT2D eigenvalue weighted by Gasteiger charge is 2.13. The summed E-state index contributed by atoms with van der Waals surface area (Å²) >= 11 is 5.79. The lowest BCUT2D eigenvalue weighted by molar-refractivity contribution is -0.139. The fraction of sp³-hybridized carbons (Fsp3) is 0.176. The standard InChI is InChI=1S/C17H17ClN2O3/c1-23-15-5-3-2-4-13(15)11-20-17(22)16(21)19-10-12-6-8-14(18)9-7-12/h2-9H,10-11H2,1H3,(H,19,21)(H,20,22). The molecule has 0 aliphatic heterocycles. The summed E-state index contributed by atoms with van der Waals surface area (Å²) in [5, 5.41) is 5.74. The molecular weight excluding hydrogens is 316 g/mol. The molecule has 0 saturated carbocycles. The summed E-state index contributed by atoms with van der Waals surface area (Å²) in [6.45, 7) is 0.481. The maximum atomic E-state index is 11.8. The number of ether oxygens (including phenoxy) is 1. The Morgan fingerprint density at radius 2 is 1.57 bits per heavy atom. The van der Waals surface area contributed by atoms with Gasteiger partial charge in [-0.05, 0) is 23.8 Å². The van der Waals surface area contributed by atoms with E-state index in [1.165, 1.54) is 0 Å². The number of hydrogen-bond acceptors (Lipinski definition) is 3. The zero-order chi connectivity index (χ0) is 16.7. The lowest BCUT2D eigenvalue weighted by atomic mass is 10.2. The molecule has 2 rings (SSSR count). The van der Waals surface area contributed by atoms with Crippen LogP contribution in [0.4, 0.5) is 0 Å². The van der Waals surface area contributed by atoms with Crippen LogP contribution in [0.3, 0.4) is 0 Å². The molecule has 0 spiro atoms. The molecule has 2 aromatic carbocycles. The van der Waals surface area contributed by atoms with E-state index in [1.807, 2.05) is 18.2 Å². The van der Waals surface area contributed by atoms with Gasteiger partial charge >= 0.3 is 11.8 Å². The molecule has 0 aliphatic rings. The Kier molecular flexibility index (Phi) is 6.00. The Labute approximate surface area is 139 Å². The lowest BCUT2D eigenvalue weighted by Gasteiger charge is -2.09. The van der Waals surface area contributed by atoms with Crippen molar-refractivity contribution in [1.29, 1.82) is 0 Å².